The van der Waals surface area contributed by atoms with Gasteiger partial charge >= 0.3 is 6.18 Å². The van der Waals surface area contributed by atoms with Crippen molar-refractivity contribution in [2.75, 3.05) is 40.3 Å². The monoisotopic (exact) mass is 363 g/mol. The van der Waals surface area contributed by atoms with Gasteiger partial charge in [-0.15, -0.1) is 11.3 Å². The number of alkyl halides is 3. The maximum Gasteiger partial charge on any atom is 0.434 e. The Kier molecular flexibility index (Phi) is 6.85. The van der Waals surface area contributed by atoms with E-state index in [2.05, 4.69) is 32.6 Å². The Bertz CT molecular complexity index is 535. The van der Waals surface area contributed by atoms with Gasteiger partial charge in [-0.3, -0.25) is 4.99 Å². The number of hydrogen-bond acceptors (Lipinski definition) is 4. The molecule has 1 saturated heterocycles. The number of rotatable bonds is 5. The van der Waals surface area contributed by atoms with Gasteiger partial charge in [-0.2, -0.15) is 13.2 Å². The lowest BCUT2D eigenvalue weighted by Crippen LogP contribution is -2.42. The van der Waals surface area contributed by atoms with Crippen LogP contribution >= 0.6 is 11.3 Å². The second kappa shape index (κ2) is 8.66. The van der Waals surface area contributed by atoms with Gasteiger partial charge in [0.15, 0.2) is 11.7 Å². The first-order chi connectivity index (χ1) is 11.4. The molecule has 1 aliphatic rings. The molecule has 9 heteroatoms. The average Bonchev–Trinajstić information content (AvgIpc) is 3.01. The molecule has 0 spiro atoms. The van der Waals surface area contributed by atoms with Crippen molar-refractivity contribution >= 4 is 17.3 Å². The van der Waals surface area contributed by atoms with Crippen LogP contribution in [0, 0.1) is 5.92 Å². The lowest BCUT2D eigenvalue weighted by molar-refractivity contribution is -0.140. The molecule has 24 heavy (non-hydrogen) atoms. The standard InChI is InChI=1S/C15H24F3N5S/c1-19-14(21-9-11-4-7-23(2)8-5-11)20-6-3-13-22-12(10-24-13)15(16,17)18/h10-11H,3-9H2,1-2H3,(H2,19,20,21). The lowest BCUT2D eigenvalue weighted by atomic mass is 9.97. The van der Waals surface area contributed by atoms with Crippen LogP contribution in [0.5, 0.6) is 0 Å². The fourth-order valence-corrected chi connectivity index (χ4v) is 3.38. The van der Waals surface area contributed by atoms with Gasteiger partial charge in [0.25, 0.3) is 0 Å². The van der Waals surface area contributed by atoms with Crippen molar-refractivity contribution in [3.8, 4) is 0 Å². The van der Waals surface area contributed by atoms with E-state index < -0.39 is 11.9 Å². The Balaban J connectivity index is 1.69. The van der Waals surface area contributed by atoms with Gasteiger partial charge in [-0.05, 0) is 38.9 Å². The number of piperidine rings is 1. The number of nitrogens with one attached hydrogen (secondary N) is 2. The molecular weight excluding hydrogens is 339 g/mol. The Morgan fingerprint density at radius 2 is 2.08 bits per heavy atom. The topological polar surface area (TPSA) is 52.6 Å². The molecule has 0 atom stereocenters. The number of thiazole rings is 1. The molecular formula is C15H24F3N5S. The Hall–Kier alpha value is -1.35. The van der Waals surface area contributed by atoms with E-state index in [1.807, 2.05) is 0 Å². The molecule has 5 nitrogen and oxygen atoms in total. The van der Waals surface area contributed by atoms with Crippen LogP contribution in [0.2, 0.25) is 0 Å². The van der Waals surface area contributed by atoms with Crippen LogP contribution in [0.15, 0.2) is 10.4 Å². The minimum atomic E-state index is -4.37. The number of aromatic nitrogens is 1. The zero-order valence-electron chi connectivity index (χ0n) is 14.0. The van der Waals surface area contributed by atoms with Crippen molar-refractivity contribution in [2.45, 2.75) is 25.4 Å². The van der Waals surface area contributed by atoms with Gasteiger partial charge in [-0.1, -0.05) is 0 Å². The first-order valence-electron chi connectivity index (χ1n) is 8.03. The minimum Gasteiger partial charge on any atom is -0.356 e. The highest BCUT2D eigenvalue weighted by molar-refractivity contribution is 7.09. The molecule has 2 rings (SSSR count). The van der Waals surface area contributed by atoms with E-state index in [-0.39, 0.29) is 0 Å². The largest absolute Gasteiger partial charge is 0.434 e. The van der Waals surface area contributed by atoms with E-state index in [9.17, 15) is 13.2 Å². The van der Waals surface area contributed by atoms with E-state index in [1.165, 1.54) is 12.8 Å². The average molecular weight is 363 g/mol. The molecule has 1 aromatic rings. The van der Waals surface area contributed by atoms with Crippen molar-refractivity contribution in [3.63, 3.8) is 0 Å². The zero-order chi connectivity index (χ0) is 17.6. The summed E-state index contributed by atoms with van der Waals surface area (Å²) < 4.78 is 37.5. The predicted molar refractivity (Wildman–Crippen MR) is 90.4 cm³/mol. The summed E-state index contributed by atoms with van der Waals surface area (Å²) in [6.07, 6.45) is -1.59. The van der Waals surface area contributed by atoms with Crippen molar-refractivity contribution in [1.82, 2.24) is 20.5 Å². The summed E-state index contributed by atoms with van der Waals surface area (Å²) in [4.78, 5) is 10.1. The van der Waals surface area contributed by atoms with Crippen molar-refractivity contribution in [3.05, 3.63) is 16.1 Å². The van der Waals surface area contributed by atoms with Gasteiger partial charge in [0.1, 0.15) is 0 Å². The number of aliphatic imine (C=N–C) groups is 1. The third kappa shape index (κ3) is 5.94. The molecule has 0 radical (unpaired) electrons. The first-order valence-corrected chi connectivity index (χ1v) is 8.91. The number of likely N-dealkylation sites (tertiary alicyclic amines) is 1. The highest BCUT2D eigenvalue weighted by Gasteiger charge is 2.33. The van der Waals surface area contributed by atoms with E-state index in [1.54, 1.807) is 7.05 Å². The Morgan fingerprint density at radius 1 is 1.38 bits per heavy atom. The van der Waals surface area contributed by atoms with Crippen LogP contribution in [-0.4, -0.2) is 56.1 Å². The fraction of sp³-hybridized carbons (Fsp3) is 0.733. The van der Waals surface area contributed by atoms with Crippen molar-refractivity contribution in [2.24, 2.45) is 10.9 Å². The summed E-state index contributed by atoms with van der Waals surface area (Å²) in [7, 11) is 3.82. The number of hydrogen-bond donors (Lipinski definition) is 2. The number of halogens is 3. The molecule has 0 unspecified atom stereocenters. The van der Waals surface area contributed by atoms with E-state index in [0.717, 1.165) is 36.4 Å². The third-order valence-electron chi connectivity index (χ3n) is 4.09. The molecule has 1 aliphatic heterocycles. The van der Waals surface area contributed by atoms with Crippen molar-refractivity contribution < 1.29 is 13.2 Å². The van der Waals surface area contributed by atoms with Crippen LogP contribution in [0.1, 0.15) is 23.5 Å². The van der Waals surface area contributed by atoms with E-state index in [4.69, 9.17) is 0 Å². The smallest absolute Gasteiger partial charge is 0.356 e. The normalized spacial score (nSPS) is 18.0. The van der Waals surface area contributed by atoms with Gasteiger partial charge in [-0.25, -0.2) is 4.98 Å². The summed E-state index contributed by atoms with van der Waals surface area (Å²) in [5.74, 6) is 1.31. The Labute approximate surface area is 144 Å². The van der Waals surface area contributed by atoms with E-state index >= 15 is 0 Å². The molecule has 0 bridgehead atoms. The molecule has 2 heterocycles. The molecule has 0 saturated carbocycles. The van der Waals surface area contributed by atoms with Gasteiger partial charge in [0.2, 0.25) is 0 Å². The summed E-state index contributed by atoms with van der Waals surface area (Å²) in [6, 6.07) is 0. The summed E-state index contributed by atoms with van der Waals surface area (Å²) >= 11 is 1.04. The van der Waals surface area contributed by atoms with E-state index in [0.29, 0.717) is 29.9 Å². The summed E-state index contributed by atoms with van der Waals surface area (Å²) in [6.45, 7) is 3.59. The molecule has 136 valence electrons. The molecule has 2 N–H and O–H groups in total. The molecule has 1 fully saturated rings. The van der Waals surface area contributed by atoms with Crippen LogP contribution in [0.4, 0.5) is 13.2 Å². The molecule has 0 aliphatic carbocycles. The molecule has 1 aromatic heterocycles. The predicted octanol–water partition coefficient (Wildman–Crippen LogP) is 2.21. The second-order valence-electron chi connectivity index (χ2n) is 6.00. The summed E-state index contributed by atoms with van der Waals surface area (Å²) in [5, 5.41) is 7.95. The number of guanidine groups is 1. The third-order valence-corrected chi connectivity index (χ3v) is 5.00. The SMILES string of the molecule is CN=C(NCCc1nc(C(F)(F)F)cs1)NCC1CCN(C)CC1. The van der Waals surface area contributed by atoms with Gasteiger partial charge in [0.05, 0.1) is 5.01 Å². The highest BCUT2D eigenvalue weighted by Crippen LogP contribution is 2.29. The van der Waals surface area contributed by atoms with Crippen LogP contribution in [-0.2, 0) is 12.6 Å². The van der Waals surface area contributed by atoms with Crippen LogP contribution < -0.4 is 10.6 Å². The highest BCUT2D eigenvalue weighted by atomic mass is 32.1. The second-order valence-corrected chi connectivity index (χ2v) is 6.94. The maximum atomic E-state index is 12.5. The quantitative estimate of drug-likeness (QED) is 0.622. The number of nitrogens with zero attached hydrogens (tertiary/aromatic N) is 3. The maximum absolute atomic E-state index is 12.5. The first kappa shape index (κ1) is 19.0. The Morgan fingerprint density at radius 3 is 2.67 bits per heavy atom. The van der Waals surface area contributed by atoms with Crippen molar-refractivity contribution in [1.29, 1.82) is 0 Å². The molecule has 0 aromatic carbocycles. The van der Waals surface area contributed by atoms with Gasteiger partial charge < -0.3 is 15.5 Å². The van der Waals surface area contributed by atoms with Crippen LogP contribution in [0.25, 0.3) is 0 Å². The summed E-state index contributed by atoms with van der Waals surface area (Å²) in [5.41, 5.74) is -0.813. The minimum absolute atomic E-state index is 0.440. The zero-order valence-corrected chi connectivity index (χ0v) is 14.8. The van der Waals surface area contributed by atoms with Gasteiger partial charge in [0, 0.05) is 31.9 Å². The fourth-order valence-electron chi connectivity index (χ4n) is 2.57. The lowest BCUT2D eigenvalue weighted by Gasteiger charge is -2.29. The van der Waals surface area contributed by atoms with Crippen LogP contribution in [0.3, 0.4) is 0 Å². The molecule has 0 amide bonds.